The molecule has 23 heavy (non-hydrogen) atoms. The Bertz CT molecular complexity index is 555. The summed E-state index contributed by atoms with van der Waals surface area (Å²) in [6.45, 7) is 1.96. The van der Waals surface area contributed by atoms with Gasteiger partial charge in [-0.25, -0.2) is 4.79 Å². The van der Waals surface area contributed by atoms with Crippen molar-refractivity contribution >= 4 is 11.7 Å². The molecule has 0 aromatic heterocycles. The van der Waals surface area contributed by atoms with Crippen LogP contribution in [0.4, 0.5) is 10.5 Å². The molecule has 1 aromatic carbocycles. The van der Waals surface area contributed by atoms with Crippen molar-refractivity contribution in [3.63, 3.8) is 0 Å². The standard InChI is InChI=1S/C18H26N2O3/c1-12-14(19-18(22)20-15-9-4-10-16(15)21)8-5-11-17(12)23-13-6-2-3-7-13/h5,8,11,13,15-16,21H,2-4,6-7,9-10H2,1H3,(H2,19,20,22)/t15-,16+/m1/s1. The molecule has 0 spiro atoms. The van der Waals surface area contributed by atoms with Gasteiger partial charge in [-0.15, -0.1) is 0 Å². The third kappa shape index (κ3) is 3.96. The van der Waals surface area contributed by atoms with Gasteiger partial charge in [0.2, 0.25) is 0 Å². The Balaban J connectivity index is 1.61. The third-order valence-corrected chi connectivity index (χ3v) is 4.92. The van der Waals surface area contributed by atoms with Crippen LogP contribution in [0.5, 0.6) is 5.75 Å². The molecule has 2 atom stereocenters. The van der Waals surface area contributed by atoms with Gasteiger partial charge < -0.3 is 20.5 Å². The average molecular weight is 318 g/mol. The quantitative estimate of drug-likeness (QED) is 0.797. The molecule has 2 fully saturated rings. The number of ether oxygens (including phenoxy) is 1. The van der Waals surface area contributed by atoms with E-state index in [1.807, 2.05) is 25.1 Å². The Morgan fingerprint density at radius 3 is 2.65 bits per heavy atom. The molecule has 0 saturated heterocycles. The smallest absolute Gasteiger partial charge is 0.319 e. The van der Waals surface area contributed by atoms with Crippen LogP contribution in [0, 0.1) is 6.92 Å². The molecular weight excluding hydrogens is 292 g/mol. The van der Waals surface area contributed by atoms with Crippen molar-refractivity contribution in [1.82, 2.24) is 5.32 Å². The van der Waals surface area contributed by atoms with Gasteiger partial charge in [0.1, 0.15) is 5.75 Å². The number of amides is 2. The van der Waals surface area contributed by atoms with Crippen LogP contribution in [0.25, 0.3) is 0 Å². The van der Waals surface area contributed by atoms with Crippen LogP contribution in [0.1, 0.15) is 50.5 Å². The lowest BCUT2D eigenvalue weighted by Gasteiger charge is -2.19. The summed E-state index contributed by atoms with van der Waals surface area (Å²) in [7, 11) is 0. The first kappa shape index (κ1) is 16.1. The monoisotopic (exact) mass is 318 g/mol. The van der Waals surface area contributed by atoms with Crippen molar-refractivity contribution in [3.8, 4) is 5.75 Å². The van der Waals surface area contributed by atoms with Gasteiger partial charge in [-0.3, -0.25) is 0 Å². The molecule has 5 nitrogen and oxygen atoms in total. The van der Waals surface area contributed by atoms with E-state index in [4.69, 9.17) is 4.74 Å². The highest BCUT2D eigenvalue weighted by molar-refractivity contribution is 5.90. The van der Waals surface area contributed by atoms with Crippen molar-refractivity contribution in [2.24, 2.45) is 0 Å². The highest BCUT2D eigenvalue weighted by atomic mass is 16.5. The minimum absolute atomic E-state index is 0.145. The van der Waals surface area contributed by atoms with Gasteiger partial charge in [-0.05, 0) is 64.0 Å². The number of anilines is 1. The number of rotatable bonds is 4. The van der Waals surface area contributed by atoms with Gasteiger partial charge in [0.25, 0.3) is 0 Å². The molecule has 2 aliphatic carbocycles. The maximum atomic E-state index is 12.1. The number of aliphatic hydroxyl groups is 1. The summed E-state index contributed by atoms with van der Waals surface area (Å²) in [5.74, 6) is 0.843. The number of aliphatic hydroxyl groups excluding tert-OH is 1. The number of urea groups is 1. The zero-order chi connectivity index (χ0) is 16.2. The predicted molar refractivity (Wildman–Crippen MR) is 89.9 cm³/mol. The Morgan fingerprint density at radius 1 is 1.17 bits per heavy atom. The molecule has 0 unspecified atom stereocenters. The molecule has 0 heterocycles. The highest BCUT2D eigenvalue weighted by Gasteiger charge is 2.26. The fraction of sp³-hybridized carbons (Fsp3) is 0.611. The topological polar surface area (TPSA) is 70.6 Å². The molecule has 1 aromatic rings. The fourth-order valence-electron chi connectivity index (χ4n) is 3.50. The second-order valence-corrected chi connectivity index (χ2v) is 6.66. The maximum Gasteiger partial charge on any atom is 0.319 e. The van der Waals surface area contributed by atoms with Gasteiger partial charge in [0.05, 0.1) is 18.2 Å². The van der Waals surface area contributed by atoms with Crippen LogP contribution in [0.3, 0.4) is 0 Å². The normalized spacial score (nSPS) is 24.6. The van der Waals surface area contributed by atoms with E-state index in [1.165, 1.54) is 12.8 Å². The molecule has 3 rings (SSSR count). The number of benzene rings is 1. The number of hydrogen-bond acceptors (Lipinski definition) is 3. The van der Waals surface area contributed by atoms with E-state index in [1.54, 1.807) is 0 Å². The molecule has 126 valence electrons. The second-order valence-electron chi connectivity index (χ2n) is 6.66. The van der Waals surface area contributed by atoms with Crippen LogP contribution < -0.4 is 15.4 Å². The Kier molecular flexibility index (Phi) is 5.06. The predicted octanol–water partition coefficient (Wildman–Crippen LogP) is 3.35. The van der Waals surface area contributed by atoms with Crippen LogP contribution >= 0.6 is 0 Å². The maximum absolute atomic E-state index is 12.1. The lowest BCUT2D eigenvalue weighted by molar-refractivity contribution is 0.151. The van der Waals surface area contributed by atoms with E-state index in [0.717, 1.165) is 49.1 Å². The van der Waals surface area contributed by atoms with Crippen LogP contribution in [0.15, 0.2) is 18.2 Å². The summed E-state index contributed by atoms with van der Waals surface area (Å²) in [4.78, 5) is 12.1. The van der Waals surface area contributed by atoms with Crippen molar-refractivity contribution < 1.29 is 14.6 Å². The second kappa shape index (κ2) is 7.21. The van der Waals surface area contributed by atoms with E-state index in [2.05, 4.69) is 10.6 Å². The summed E-state index contributed by atoms with van der Waals surface area (Å²) < 4.78 is 6.07. The molecule has 0 radical (unpaired) electrons. The van der Waals surface area contributed by atoms with Gasteiger partial charge in [0.15, 0.2) is 0 Å². The van der Waals surface area contributed by atoms with Crippen LogP contribution in [-0.2, 0) is 0 Å². The zero-order valence-corrected chi connectivity index (χ0v) is 13.7. The van der Waals surface area contributed by atoms with Gasteiger partial charge in [-0.2, -0.15) is 0 Å². The molecule has 2 aliphatic rings. The SMILES string of the molecule is Cc1c(NC(=O)N[C@@H]2CCC[C@@H]2O)cccc1OC1CCCC1. The van der Waals surface area contributed by atoms with E-state index < -0.39 is 6.10 Å². The first-order chi connectivity index (χ1) is 11.1. The Labute approximate surface area is 137 Å². The molecular formula is C18H26N2O3. The van der Waals surface area contributed by atoms with Crippen LogP contribution in [-0.4, -0.2) is 29.4 Å². The van der Waals surface area contributed by atoms with Gasteiger partial charge in [0, 0.05) is 11.3 Å². The number of hydrogen-bond donors (Lipinski definition) is 3. The Morgan fingerprint density at radius 2 is 1.96 bits per heavy atom. The van der Waals surface area contributed by atoms with Crippen molar-refractivity contribution in [2.45, 2.75) is 70.1 Å². The van der Waals surface area contributed by atoms with Gasteiger partial charge >= 0.3 is 6.03 Å². The van der Waals surface area contributed by atoms with Crippen LogP contribution in [0.2, 0.25) is 0 Å². The minimum atomic E-state index is -0.432. The zero-order valence-electron chi connectivity index (χ0n) is 13.7. The van der Waals surface area contributed by atoms with Crippen molar-refractivity contribution in [2.75, 3.05) is 5.32 Å². The summed E-state index contributed by atoms with van der Waals surface area (Å²) in [6.07, 6.45) is 7.09. The number of carbonyl (C=O) groups excluding carboxylic acids is 1. The summed E-state index contributed by atoms with van der Waals surface area (Å²) in [6, 6.07) is 5.32. The molecule has 0 aliphatic heterocycles. The summed E-state index contributed by atoms with van der Waals surface area (Å²) in [5, 5.41) is 15.5. The summed E-state index contributed by atoms with van der Waals surface area (Å²) >= 11 is 0. The fourth-order valence-corrected chi connectivity index (χ4v) is 3.50. The first-order valence-corrected chi connectivity index (χ1v) is 8.65. The molecule has 5 heteroatoms. The van der Waals surface area contributed by atoms with Crippen molar-refractivity contribution in [1.29, 1.82) is 0 Å². The largest absolute Gasteiger partial charge is 0.490 e. The molecule has 0 bridgehead atoms. The molecule has 2 saturated carbocycles. The third-order valence-electron chi connectivity index (χ3n) is 4.92. The Hall–Kier alpha value is -1.75. The highest BCUT2D eigenvalue weighted by Crippen LogP contribution is 2.30. The van der Waals surface area contributed by atoms with E-state index in [-0.39, 0.29) is 12.1 Å². The van der Waals surface area contributed by atoms with E-state index >= 15 is 0 Å². The first-order valence-electron chi connectivity index (χ1n) is 8.65. The molecule has 2 amide bonds. The van der Waals surface area contributed by atoms with E-state index in [9.17, 15) is 9.90 Å². The number of nitrogens with one attached hydrogen (secondary N) is 2. The summed E-state index contributed by atoms with van der Waals surface area (Å²) in [5.41, 5.74) is 1.70. The van der Waals surface area contributed by atoms with Gasteiger partial charge in [-0.1, -0.05) is 6.07 Å². The lowest BCUT2D eigenvalue weighted by atomic mass is 10.1. The number of carbonyl (C=O) groups is 1. The minimum Gasteiger partial charge on any atom is -0.490 e. The average Bonchev–Trinajstić information content (AvgIpc) is 3.16. The van der Waals surface area contributed by atoms with Crippen molar-refractivity contribution in [3.05, 3.63) is 23.8 Å². The lowest BCUT2D eigenvalue weighted by Crippen LogP contribution is -2.42. The van der Waals surface area contributed by atoms with E-state index in [0.29, 0.717) is 6.10 Å². The molecule has 3 N–H and O–H groups in total.